The Bertz CT molecular complexity index is 636. The van der Waals surface area contributed by atoms with Crippen molar-refractivity contribution in [2.24, 2.45) is 5.92 Å². The third kappa shape index (κ3) is 5.58. The molecule has 0 saturated heterocycles. The van der Waals surface area contributed by atoms with Crippen molar-refractivity contribution in [3.63, 3.8) is 0 Å². The van der Waals surface area contributed by atoms with Gasteiger partial charge in [0, 0.05) is 0 Å². The zero-order valence-electron chi connectivity index (χ0n) is 14.8. The molecule has 0 aliphatic carbocycles. The van der Waals surface area contributed by atoms with Crippen LogP contribution in [0.25, 0.3) is 0 Å². The molecule has 24 heavy (non-hydrogen) atoms. The standard InChI is InChI=1S/C18H24N2O4/c1-12(2)18(5,11-19)20-16(21)10-23-17(22)14(4)24-15-8-6-7-13(3)9-15/h6-9,12,14H,10H2,1-5H3,(H,20,21)/t14-,18+/m0/s1. The van der Waals surface area contributed by atoms with E-state index in [4.69, 9.17) is 14.7 Å². The van der Waals surface area contributed by atoms with Gasteiger partial charge in [-0.25, -0.2) is 4.79 Å². The number of nitrogens with one attached hydrogen (secondary N) is 1. The number of carbonyl (C=O) groups excluding carboxylic acids is 2. The number of nitrogens with zero attached hydrogens (tertiary/aromatic N) is 1. The predicted molar refractivity (Wildman–Crippen MR) is 89.2 cm³/mol. The Kier molecular flexibility index (Phi) is 6.78. The fourth-order valence-electron chi connectivity index (χ4n) is 1.82. The third-order valence-electron chi connectivity index (χ3n) is 3.77. The minimum atomic E-state index is -1.01. The molecule has 1 aromatic carbocycles. The lowest BCUT2D eigenvalue weighted by molar-refractivity contribution is -0.155. The molecule has 130 valence electrons. The van der Waals surface area contributed by atoms with E-state index in [9.17, 15) is 9.59 Å². The van der Waals surface area contributed by atoms with E-state index in [2.05, 4.69) is 11.4 Å². The van der Waals surface area contributed by atoms with Gasteiger partial charge < -0.3 is 14.8 Å². The van der Waals surface area contributed by atoms with Crippen LogP contribution in [-0.2, 0) is 14.3 Å². The number of hydrogen-bond acceptors (Lipinski definition) is 5. The Morgan fingerprint density at radius 2 is 2.00 bits per heavy atom. The average molecular weight is 332 g/mol. The molecule has 1 N–H and O–H groups in total. The third-order valence-corrected chi connectivity index (χ3v) is 3.77. The number of hydrogen-bond donors (Lipinski definition) is 1. The highest BCUT2D eigenvalue weighted by Crippen LogP contribution is 2.16. The maximum Gasteiger partial charge on any atom is 0.347 e. The van der Waals surface area contributed by atoms with Crippen molar-refractivity contribution in [1.29, 1.82) is 5.26 Å². The molecule has 0 fully saturated rings. The van der Waals surface area contributed by atoms with Gasteiger partial charge in [-0.3, -0.25) is 4.79 Å². The Morgan fingerprint density at radius 3 is 2.54 bits per heavy atom. The summed E-state index contributed by atoms with van der Waals surface area (Å²) in [6.45, 7) is 8.29. The highest BCUT2D eigenvalue weighted by Gasteiger charge is 2.30. The smallest absolute Gasteiger partial charge is 0.347 e. The first-order chi connectivity index (χ1) is 11.2. The number of aryl methyl sites for hydroxylation is 1. The maximum atomic E-state index is 11.9. The highest BCUT2D eigenvalue weighted by molar-refractivity contribution is 5.82. The summed E-state index contributed by atoms with van der Waals surface area (Å²) < 4.78 is 10.4. The van der Waals surface area contributed by atoms with Crippen molar-refractivity contribution >= 4 is 11.9 Å². The second kappa shape index (κ2) is 8.34. The molecule has 0 saturated carbocycles. The van der Waals surface area contributed by atoms with Gasteiger partial charge in [0.2, 0.25) is 0 Å². The number of rotatable bonds is 7. The first kappa shape index (κ1) is 19.5. The van der Waals surface area contributed by atoms with Crippen molar-refractivity contribution < 1.29 is 19.1 Å². The summed E-state index contributed by atoms with van der Waals surface area (Å²) in [4.78, 5) is 23.8. The first-order valence-corrected chi connectivity index (χ1v) is 7.80. The lowest BCUT2D eigenvalue weighted by Crippen LogP contribution is -2.50. The number of ether oxygens (including phenoxy) is 2. The molecular weight excluding hydrogens is 308 g/mol. The van der Waals surface area contributed by atoms with E-state index < -0.39 is 30.1 Å². The van der Waals surface area contributed by atoms with Crippen LogP contribution in [0.4, 0.5) is 0 Å². The molecule has 0 aliphatic heterocycles. The van der Waals surface area contributed by atoms with Crippen LogP contribution in [0.15, 0.2) is 24.3 Å². The van der Waals surface area contributed by atoms with E-state index >= 15 is 0 Å². The van der Waals surface area contributed by atoms with Crippen molar-refractivity contribution in [1.82, 2.24) is 5.32 Å². The molecule has 0 bridgehead atoms. The Hall–Kier alpha value is -2.55. The molecule has 0 spiro atoms. The Labute approximate surface area is 142 Å². The van der Waals surface area contributed by atoms with Crippen LogP contribution >= 0.6 is 0 Å². The van der Waals surface area contributed by atoms with Crippen LogP contribution in [0, 0.1) is 24.2 Å². The second-order valence-corrected chi connectivity index (χ2v) is 6.20. The molecule has 6 nitrogen and oxygen atoms in total. The minimum absolute atomic E-state index is 0.0780. The quantitative estimate of drug-likeness (QED) is 0.774. The largest absolute Gasteiger partial charge is 0.479 e. The number of carbonyl (C=O) groups is 2. The van der Waals surface area contributed by atoms with Crippen molar-refractivity contribution in [2.75, 3.05) is 6.61 Å². The maximum absolute atomic E-state index is 11.9. The minimum Gasteiger partial charge on any atom is -0.479 e. The average Bonchev–Trinajstić information content (AvgIpc) is 2.52. The van der Waals surface area contributed by atoms with E-state index in [1.807, 2.05) is 32.9 Å². The van der Waals surface area contributed by atoms with Crippen LogP contribution in [-0.4, -0.2) is 30.1 Å². The van der Waals surface area contributed by atoms with E-state index in [0.29, 0.717) is 5.75 Å². The first-order valence-electron chi connectivity index (χ1n) is 7.80. The fourth-order valence-corrected chi connectivity index (χ4v) is 1.82. The van der Waals surface area contributed by atoms with Gasteiger partial charge in [-0.05, 0) is 44.4 Å². The van der Waals surface area contributed by atoms with E-state index in [-0.39, 0.29) is 5.92 Å². The Morgan fingerprint density at radius 1 is 1.33 bits per heavy atom. The molecule has 0 heterocycles. The zero-order chi connectivity index (χ0) is 18.3. The molecule has 2 atom stereocenters. The van der Waals surface area contributed by atoms with Crippen molar-refractivity contribution in [3.8, 4) is 11.8 Å². The summed E-state index contributed by atoms with van der Waals surface area (Å²) in [5.41, 5.74) is 0.00426. The zero-order valence-corrected chi connectivity index (χ0v) is 14.8. The highest BCUT2D eigenvalue weighted by atomic mass is 16.6. The van der Waals surface area contributed by atoms with Crippen LogP contribution in [0.3, 0.4) is 0 Å². The lowest BCUT2D eigenvalue weighted by atomic mass is 9.90. The number of esters is 1. The van der Waals surface area contributed by atoms with Crippen molar-refractivity contribution in [2.45, 2.75) is 46.3 Å². The topological polar surface area (TPSA) is 88.4 Å². The SMILES string of the molecule is Cc1cccc(O[C@@H](C)C(=O)OCC(=O)N[C@](C)(C#N)C(C)C)c1. The summed E-state index contributed by atoms with van der Waals surface area (Å²) in [5, 5.41) is 11.7. The predicted octanol–water partition coefficient (Wildman–Crippen LogP) is 2.36. The van der Waals surface area contributed by atoms with Gasteiger partial charge in [-0.1, -0.05) is 26.0 Å². The van der Waals surface area contributed by atoms with Crippen molar-refractivity contribution in [3.05, 3.63) is 29.8 Å². The lowest BCUT2D eigenvalue weighted by Gasteiger charge is -2.27. The monoisotopic (exact) mass is 332 g/mol. The van der Waals surface area contributed by atoms with Crippen LogP contribution in [0.5, 0.6) is 5.75 Å². The molecule has 6 heteroatoms. The van der Waals surface area contributed by atoms with Gasteiger partial charge in [0.1, 0.15) is 11.3 Å². The van der Waals surface area contributed by atoms with E-state index in [0.717, 1.165) is 5.56 Å². The second-order valence-electron chi connectivity index (χ2n) is 6.20. The van der Waals surface area contributed by atoms with Gasteiger partial charge in [-0.15, -0.1) is 0 Å². The molecule has 0 unspecified atom stereocenters. The van der Waals surface area contributed by atoms with Gasteiger partial charge in [0.25, 0.3) is 5.91 Å². The van der Waals surface area contributed by atoms with Gasteiger partial charge >= 0.3 is 5.97 Å². The van der Waals surface area contributed by atoms with Gasteiger partial charge in [-0.2, -0.15) is 5.26 Å². The summed E-state index contributed by atoms with van der Waals surface area (Å²) in [5.74, 6) is -0.690. The van der Waals surface area contributed by atoms with E-state index in [1.54, 1.807) is 26.0 Å². The summed E-state index contributed by atoms with van der Waals surface area (Å²) in [6.07, 6.45) is -0.841. The van der Waals surface area contributed by atoms with E-state index in [1.165, 1.54) is 0 Å². The normalized spacial score (nSPS) is 14.2. The van der Waals surface area contributed by atoms with Crippen LogP contribution in [0.2, 0.25) is 0 Å². The fraction of sp³-hybridized carbons (Fsp3) is 0.500. The molecule has 0 radical (unpaired) electrons. The van der Waals surface area contributed by atoms with Gasteiger partial charge in [0.05, 0.1) is 6.07 Å². The summed E-state index contributed by atoms with van der Waals surface area (Å²) >= 11 is 0. The van der Waals surface area contributed by atoms with Crippen LogP contribution < -0.4 is 10.1 Å². The molecule has 0 aromatic heterocycles. The number of benzene rings is 1. The molecule has 1 aromatic rings. The summed E-state index contributed by atoms with van der Waals surface area (Å²) in [6, 6.07) is 9.35. The molecular formula is C18H24N2O4. The number of amides is 1. The molecule has 1 rings (SSSR count). The molecule has 0 aliphatic rings. The Balaban J connectivity index is 2.50. The number of nitriles is 1. The van der Waals surface area contributed by atoms with Gasteiger partial charge in [0.15, 0.2) is 12.7 Å². The van der Waals surface area contributed by atoms with Crippen LogP contribution in [0.1, 0.15) is 33.3 Å². The molecule has 1 amide bonds. The summed E-state index contributed by atoms with van der Waals surface area (Å²) in [7, 11) is 0.